The van der Waals surface area contributed by atoms with Gasteiger partial charge in [-0.05, 0) is 35.9 Å². The van der Waals surface area contributed by atoms with Gasteiger partial charge in [0, 0.05) is 6.54 Å². The average Bonchev–Trinajstić information content (AvgIpc) is 2.89. The highest BCUT2D eigenvalue weighted by Crippen LogP contribution is 2.22. The van der Waals surface area contributed by atoms with Crippen LogP contribution < -0.4 is 10.6 Å². The van der Waals surface area contributed by atoms with Crippen LogP contribution in [0.15, 0.2) is 35.7 Å². The summed E-state index contributed by atoms with van der Waals surface area (Å²) in [4.78, 5) is 22.7. The van der Waals surface area contributed by atoms with Crippen LogP contribution in [0, 0.1) is 6.92 Å². The van der Waals surface area contributed by atoms with Crippen molar-refractivity contribution in [1.29, 1.82) is 0 Å². The number of anilines is 1. The smallest absolute Gasteiger partial charge is 0.338 e. The van der Waals surface area contributed by atoms with E-state index in [1.165, 1.54) is 28.5 Å². The maximum Gasteiger partial charge on any atom is 0.338 e. The molecule has 2 rings (SSSR count). The van der Waals surface area contributed by atoms with E-state index in [-0.39, 0.29) is 5.56 Å². The highest BCUT2D eigenvalue weighted by Gasteiger charge is 2.13. The first kappa shape index (κ1) is 15.1. The molecule has 0 aliphatic rings. The summed E-state index contributed by atoms with van der Waals surface area (Å²) in [6, 6.07) is 9.07. The molecule has 0 aliphatic carbocycles. The van der Waals surface area contributed by atoms with Gasteiger partial charge in [-0.25, -0.2) is 9.59 Å². The Hall–Kier alpha value is -2.34. The molecule has 0 radical (unpaired) electrons. The van der Waals surface area contributed by atoms with E-state index in [0.717, 1.165) is 6.42 Å². The van der Waals surface area contributed by atoms with Crippen LogP contribution in [0.1, 0.15) is 21.5 Å². The van der Waals surface area contributed by atoms with Crippen molar-refractivity contribution in [2.24, 2.45) is 0 Å². The van der Waals surface area contributed by atoms with Crippen molar-refractivity contribution in [2.75, 3.05) is 11.9 Å². The van der Waals surface area contributed by atoms with Gasteiger partial charge in [-0.15, -0.1) is 11.3 Å². The van der Waals surface area contributed by atoms with Crippen LogP contribution in [0.2, 0.25) is 0 Å². The summed E-state index contributed by atoms with van der Waals surface area (Å²) in [7, 11) is 0. The molecule has 1 heterocycles. The quantitative estimate of drug-likeness (QED) is 0.794. The number of rotatable bonds is 5. The van der Waals surface area contributed by atoms with Crippen LogP contribution in [0.25, 0.3) is 0 Å². The number of aryl methyl sites for hydroxylation is 1. The lowest BCUT2D eigenvalue weighted by Crippen LogP contribution is -2.30. The predicted octanol–water partition coefficient (Wildman–Crippen LogP) is 3.12. The Labute approximate surface area is 126 Å². The number of nitrogens with one attached hydrogen (secondary N) is 2. The van der Waals surface area contributed by atoms with E-state index in [1.54, 1.807) is 5.38 Å². The first-order valence-electron chi connectivity index (χ1n) is 6.48. The van der Waals surface area contributed by atoms with Crippen molar-refractivity contribution < 1.29 is 14.7 Å². The van der Waals surface area contributed by atoms with Crippen LogP contribution in [-0.2, 0) is 6.42 Å². The summed E-state index contributed by atoms with van der Waals surface area (Å²) >= 11 is 1.19. The second-order valence-electron chi connectivity index (χ2n) is 4.53. The lowest BCUT2D eigenvalue weighted by molar-refractivity contribution is 0.0698. The van der Waals surface area contributed by atoms with Gasteiger partial charge in [-0.2, -0.15) is 0 Å². The van der Waals surface area contributed by atoms with E-state index < -0.39 is 12.0 Å². The van der Waals surface area contributed by atoms with Crippen molar-refractivity contribution in [1.82, 2.24) is 5.32 Å². The number of benzene rings is 1. The molecule has 1 aromatic carbocycles. The monoisotopic (exact) mass is 304 g/mol. The maximum atomic E-state index is 11.8. The van der Waals surface area contributed by atoms with Gasteiger partial charge >= 0.3 is 12.0 Å². The number of aromatic carboxylic acids is 1. The molecule has 0 atom stereocenters. The van der Waals surface area contributed by atoms with Gasteiger partial charge in [0.15, 0.2) is 0 Å². The number of urea groups is 1. The zero-order chi connectivity index (χ0) is 15.2. The maximum absolute atomic E-state index is 11.8. The van der Waals surface area contributed by atoms with Crippen molar-refractivity contribution in [2.45, 2.75) is 13.3 Å². The normalized spacial score (nSPS) is 10.1. The minimum Gasteiger partial charge on any atom is -0.478 e. The van der Waals surface area contributed by atoms with Crippen molar-refractivity contribution in [3.63, 3.8) is 0 Å². The largest absolute Gasteiger partial charge is 0.478 e. The Bertz CT molecular complexity index is 652. The van der Waals surface area contributed by atoms with E-state index in [4.69, 9.17) is 5.11 Å². The molecular weight excluding hydrogens is 288 g/mol. The third-order valence-corrected chi connectivity index (χ3v) is 3.89. The lowest BCUT2D eigenvalue weighted by Gasteiger charge is -2.08. The molecule has 5 nitrogen and oxygen atoms in total. The van der Waals surface area contributed by atoms with Crippen LogP contribution >= 0.6 is 11.3 Å². The summed E-state index contributed by atoms with van der Waals surface area (Å²) in [6.07, 6.45) is 0.732. The fourth-order valence-electron chi connectivity index (χ4n) is 1.92. The fraction of sp³-hybridized carbons (Fsp3) is 0.200. The van der Waals surface area contributed by atoms with Gasteiger partial charge in [-0.3, -0.25) is 5.32 Å². The van der Waals surface area contributed by atoms with Crippen LogP contribution in [0.5, 0.6) is 0 Å². The van der Waals surface area contributed by atoms with Crippen LogP contribution in [0.4, 0.5) is 9.80 Å². The van der Waals surface area contributed by atoms with Crippen molar-refractivity contribution in [3.8, 4) is 0 Å². The molecule has 0 saturated carbocycles. The van der Waals surface area contributed by atoms with E-state index in [2.05, 4.69) is 10.6 Å². The fourth-order valence-corrected chi connectivity index (χ4v) is 2.70. The van der Waals surface area contributed by atoms with Crippen LogP contribution in [0.3, 0.4) is 0 Å². The number of thiophene rings is 1. The molecule has 0 bridgehead atoms. The number of carbonyl (C=O) groups is 2. The number of carbonyl (C=O) groups excluding carboxylic acids is 1. The van der Waals surface area contributed by atoms with E-state index in [9.17, 15) is 9.59 Å². The molecule has 2 amide bonds. The van der Waals surface area contributed by atoms with E-state index in [0.29, 0.717) is 11.5 Å². The Kier molecular flexibility index (Phi) is 4.94. The minimum absolute atomic E-state index is 0.106. The van der Waals surface area contributed by atoms with E-state index in [1.807, 2.05) is 31.2 Å². The van der Waals surface area contributed by atoms with Crippen molar-refractivity contribution in [3.05, 3.63) is 52.4 Å². The molecule has 0 unspecified atom stereocenters. The third-order valence-electron chi connectivity index (χ3n) is 3.06. The Morgan fingerprint density at radius 1 is 1.24 bits per heavy atom. The first-order chi connectivity index (χ1) is 10.1. The van der Waals surface area contributed by atoms with Crippen LogP contribution in [-0.4, -0.2) is 23.7 Å². The molecule has 110 valence electrons. The Morgan fingerprint density at radius 2 is 2.00 bits per heavy atom. The van der Waals surface area contributed by atoms with E-state index >= 15 is 0 Å². The summed E-state index contributed by atoms with van der Waals surface area (Å²) < 4.78 is 0. The second kappa shape index (κ2) is 6.90. The lowest BCUT2D eigenvalue weighted by atomic mass is 10.1. The number of carboxylic acids is 1. The molecule has 2 aromatic rings. The topological polar surface area (TPSA) is 78.4 Å². The second-order valence-corrected chi connectivity index (χ2v) is 5.44. The van der Waals surface area contributed by atoms with Gasteiger partial charge in [0.1, 0.15) is 5.00 Å². The molecular formula is C15H16N2O3S. The summed E-state index contributed by atoms with van der Waals surface area (Å²) in [5.74, 6) is -1.05. The summed E-state index contributed by atoms with van der Waals surface area (Å²) in [5, 5.41) is 16.2. The number of carboxylic acid groups (broad SMARTS) is 1. The molecule has 1 aromatic heterocycles. The van der Waals surface area contributed by atoms with Gasteiger partial charge in [0.2, 0.25) is 0 Å². The predicted molar refractivity (Wildman–Crippen MR) is 83.2 cm³/mol. The summed E-state index contributed by atoms with van der Waals surface area (Å²) in [5.41, 5.74) is 2.47. The average molecular weight is 304 g/mol. The summed E-state index contributed by atoms with van der Waals surface area (Å²) in [6.45, 7) is 2.52. The van der Waals surface area contributed by atoms with Gasteiger partial charge in [0.25, 0.3) is 0 Å². The first-order valence-corrected chi connectivity index (χ1v) is 7.36. The zero-order valence-electron chi connectivity index (χ0n) is 11.6. The SMILES string of the molecule is Cc1ccccc1CCNC(=O)Nc1sccc1C(=O)O. The minimum atomic E-state index is -1.05. The number of hydrogen-bond donors (Lipinski definition) is 3. The standard InChI is InChI=1S/C15H16N2O3S/c1-10-4-2-3-5-11(10)6-8-16-15(20)17-13-12(14(18)19)7-9-21-13/h2-5,7,9H,6,8H2,1H3,(H,18,19)(H2,16,17,20). The number of hydrogen-bond acceptors (Lipinski definition) is 3. The van der Waals surface area contributed by atoms with Crippen molar-refractivity contribution >= 4 is 28.3 Å². The molecule has 6 heteroatoms. The third kappa shape index (κ3) is 4.06. The molecule has 0 spiro atoms. The van der Waals surface area contributed by atoms with Gasteiger partial charge in [0.05, 0.1) is 5.56 Å². The number of amides is 2. The zero-order valence-corrected chi connectivity index (χ0v) is 12.4. The Balaban J connectivity index is 1.84. The van der Waals surface area contributed by atoms with Gasteiger partial charge in [-0.1, -0.05) is 24.3 Å². The Morgan fingerprint density at radius 3 is 2.71 bits per heavy atom. The van der Waals surface area contributed by atoms with Gasteiger partial charge < -0.3 is 10.4 Å². The molecule has 0 saturated heterocycles. The molecule has 0 fully saturated rings. The molecule has 3 N–H and O–H groups in total. The molecule has 21 heavy (non-hydrogen) atoms. The molecule has 0 aliphatic heterocycles. The highest BCUT2D eigenvalue weighted by molar-refractivity contribution is 7.14. The highest BCUT2D eigenvalue weighted by atomic mass is 32.1.